The first-order chi connectivity index (χ1) is 15.1. The standard InChI is InChI=1S/C23H19N5O3/c24-20(29)13-31-23(30)14-6-7-17-16(12-14)15(8-10-26-17)21-19-5-3-11-28(19)27-22(21)18-4-1-2-9-25-18/h1-2,4,6-10,12H,3,5,11,13H2,(H2,24,29). The van der Waals surface area contributed by atoms with Gasteiger partial charge in [0.1, 0.15) is 5.69 Å². The Labute approximate surface area is 177 Å². The van der Waals surface area contributed by atoms with Gasteiger partial charge in [-0.25, -0.2) is 4.79 Å². The summed E-state index contributed by atoms with van der Waals surface area (Å²) in [6.45, 7) is 0.403. The van der Waals surface area contributed by atoms with Crippen molar-refractivity contribution in [1.82, 2.24) is 19.7 Å². The number of carbonyl (C=O) groups is 2. The third-order valence-electron chi connectivity index (χ3n) is 5.34. The number of amides is 1. The second-order valence-corrected chi connectivity index (χ2v) is 7.34. The van der Waals surface area contributed by atoms with Gasteiger partial charge in [-0.3, -0.25) is 19.4 Å². The number of fused-ring (bicyclic) bond motifs is 2. The normalized spacial score (nSPS) is 12.6. The molecule has 0 saturated heterocycles. The zero-order valence-corrected chi connectivity index (χ0v) is 16.6. The SMILES string of the molecule is NC(=O)COC(=O)c1ccc2nccc(-c3c(-c4ccccn4)nn4c3CCC4)c2c1. The van der Waals surface area contributed by atoms with E-state index in [4.69, 9.17) is 15.6 Å². The molecule has 0 spiro atoms. The van der Waals surface area contributed by atoms with Crippen LogP contribution < -0.4 is 5.73 Å². The molecule has 0 fully saturated rings. The van der Waals surface area contributed by atoms with Crippen molar-refractivity contribution < 1.29 is 14.3 Å². The lowest BCUT2D eigenvalue weighted by Gasteiger charge is -2.10. The summed E-state index contributed by atoms with van der Waals surface area (Å²) in [7, 11) is 0. The van der Waals surface area contributed by atoms with Crippen molar-refractivity contribution in [2.45, 2.75) is 19.4 Å². The molecule has 4 aromatic rings. The number of hydrogen-bond donors (Lipinski definition) is 1. The van der Waals surface area contributed by atoms with Crippen molar-refractivity contribution in [3.63, 3.8) is 0 Å². The van der Waals surface area contributed by atoms with E-state index in [2.05, 4.69) is 9.97 Å². The van der Waals surface area contributed by atoms with Crippen LogP contribution in [-0.4, -0.2) is 38.2 Å². The van der Waals surface area contributed by atoms with Crippen molar-refractivity contribution >= 4 is 22.8 Å². The van der Waals surface area contributed by atoms with Crippen LogP contribution in [-0.2, 0) is 22.5 Å². The summed E-state index contributed by atoms with van der Waals surface area (Å²) < 4.78 is 7.01. The van der Waals surface area contributed by atoms with Gasteiger partial charge in [-0.15, -0.1) is 0 Å². The molecule has 0 saturated carbocycles. The summed E-state index contributed by atoms with van der Waals surface area (Å²) in [5, 5.41) is 5.64. The lowest BCUT2D eigenvalue weighted by atomic mass is 9.96. The molecule has 1 aromatic carbocycles. The Balaban J connectivity index is 1.68. The van der Waals surface area contributed by atoms with Crippen LogP contribution in [0, 0.1) is 0 Å². The Kier molecular flexibility index (Phi) is 4.66. The molecular weight excluding hydrogens is 394 g/mol. The topological polar surface area (TPSA) is 113 Å². The molecule has 1 aliphatic heterocycles. The van der Waals surface area contributed by atoms with Gasteiger partial charge in [-0.1, -0.05) is 6.07 Å². The van der Waals surface area contributed by atoms with Crippen LogP contribution in [0.25, 0.3) is 33.4 Å². The molecule has 8 nitrogen and oxygen atoms in total. The smallest absolute Gasteiger partial charge is 0.338 e. The molecule has 4 heterocycles. The zero-order valence-electron chi connectivity index (χ0n) is 16.6. The van der Waals surface area contributed by atoms with Crippen molar-refractivity contribution in [1.29, 1.82) is 0 Å². The number of nitrogens with two attached hydrogens (primary N) is 1. The number of primary amides is 1. The number of carbonyl (C=O) groups excluding carboxylic acids is 2. The van der Waals surface area contributed by atoms with Crippen LogP contribution in [0.2, 0.25) is 0 Å². The van der Waals surface area contributed by atoms with E-state index in [0.717, 1.165) is 58.5 Å². The van der Waals surface area contributed by atoms with E-state index in [1.54, 1.807) is 30.6 Å². The van der Waals surface area contributed by atoms with E-state index in [1.165, 1.54) is 0 Å². The van der Waals surface area contributed by atoms with E-state index >= 15 is 0 Å². The minimum atomic E-state index is -0.702. The highest BCUT2D eigenvalue weighted by molar-refractivity contribution is 6.02. The van der Waals surface area contributed by atoms with Gasteiger partial charge in [0.15, 0.2) is 6.61 Å². The summed E-state index contributed by atoms with van der Waals surface area (Å²) in [6.07, 6.45) is 5.45. The molecule has 0 atom stereocenters. The maximum absolute atomic E-state index is 12.4. The fraction of sp³-hybridized carbons (Fsp3) is 0.174. The van der Waals surface area contributed by atoms with Crippen LogP contribution in [0.15, 0.2) is 54.9 Å². The number of hydrogen-bond acceptors (Lipinski definition) is 6. The third kappa shape index (κ3) is 3.42. The Hall–Kier alpha value is -4.07. The van der Waals surface area contributed by atoms with Gasteiger partial charge in [0.25, 0.3) is 5.91 Å². The fourth-order valence-corrected chi connectivity index (χ4v) is 4.01. The first-order valence-electron chi connectivity index (χ1n) is 9.97. The molecule has 8 heteroatoms. The summed E-state index contributed by atoms with van der Waals surface area (Å²) in [4.78, 5) is 32.3. The van der Waals surface area contributed by atoms with Gasteiger partial charge < -0.3 is 10.5 Å². The number of aromatic nitrogens is 4. The Morgan fingerprint density at radius 1 is 1.10 bits per heavy atom. The Morgan fingerprint density at radius 2 is 2.00 bits per heavy atom. The summed E-state index contributed by atoms with van der Waals surface area (Å²) in [5.41, 5.74) is 10.8. The largest absolute Gasteiger partial charge is 0.452 e. The highest BCUT2D eigenvalue weighted by atomic mass is 16.5. The molecule has 5 rings (SSSR count). The molecular formula is C23H19N5O3. The van der Waals surface area contributed by atoms with Crippen LogP contribution >= 0.6 is 0 Å². The second kappa shape index (κ2) is 7.64. The molecule has 0 radical (unpaired) electrons. The lowest BCUT2D eigenvalue weighted by Crippen LogP contribution is -2.20. The highest BCUT2D eigenvalue weighted by Gasteiger charge is 2.25. The van der Waals surface area contributed by atoms with Gasteiger partial charge >= 0.3 is 5.97 Å². The maximum atomic E-state index is 12.4. The lowest BCUT2D eigenvalue weighted by molar-refractivity contribution is -0.121. The number of aryl methyl sites for hydroxylation is 1. The molecule has 0 aliphatic carbocycles. The predicted octanol–water partition coefficient (Wildman–Crippen LogP) is 2.75. The predicted molar refractivity (Wildman–Crippen MR) is 114 cm³/mol. The van der Waals surface area contributed by atoms with E-state index in [1.807, 2.05) is 28.9 Å². The fourth-order valence-electron chi connectivity index (χ4n) is 4.01. The minimum Gasteiger partial charge on any atom is -0.452 e. The summed E-state index contributed by atoms with van der Waals surface area (Å²) in [5.74, 6) is -1.31. The summed E-state index contributed by atoms with van der Waals surface area (Å²) >= 11 is 0. The van der Waals surface area contributed by atoms with Gasteiger partial charge in [-0.2, -0.15) is 5.10 Å². The van der Waals surface area contributed by atoms with Crippen LogP contribution in [0.5, 0.6) is 0 Å². The Bertz CT molecular complexity index is 1310. The third-order valence-corrected chi connectivity index (χ3v) is 5.34. The average Bonchev–Trinajstić information content (AvgIpc) is 3.39. The molecule has 1 aliphatic rings. The number of benzene rings is 1. The molecule has 3 aromatic heterocycles. The number of ether oxygens (including phenoxy) is 1. The van der Waals surface area contributed by atoms with Crippen LogP contribution in [0.4, 0.5) is 0 Å². The number of esters is 1. The van der Waals surface area contributed by atoms with Gasteiger partial charge in [0.2, 0.25) is 0 Å². The van der Waals surface area contributed by atoms with Crippen molar-refractivity contribution in [3.05, 3.63) is 66.1 Å². The van der Waals surface area contributed by atoms with Gasteiger partial charge in [0.05, 0.1) is 16.8 Å². The second-order valence-electron chi connectivity index (χ2n) is 7.34. The van der Waals surface area contributed by atoms with Crippen molar-refractivity contribution in [3.8, 4) is 22.5 Å². The van der Waals surface area contributed by atoms with Crippen molar-refractivity contribution in [2.75, 3.05) is 6.61 Å². The van der Waals surface area contributed by atoms with E-state index in [0.29, 0.717) is 5.56 Å². The zero-order chi connectivity index (χ0) is 21.4. The van der Waals surface area contributed by atoms with Gasteiger partial charge in [-0.05, 0) is 54.8 Å². The molecule has 1 amide bonds. The number of rotatable bonds is 5. The molecule has 0 unspecified atom stereocenters. The number of pyridine rings is 2. The van der Waals surface area contributed by atoms with Crippen LogP contribution in [0.1, 0.15) is 22.5 Å². The van der Waals surface area contributed by atoms with Crippen LogP contribution in [0.3, 0.4) is 0 Å². The summed E-state index contributed by atoms with van der Waals surface area (Å²) in [6, 6.07) is 12.8. The molecule has 31 heavy (non-hydrogen) atoms. The van der Waals surface area contributed by atoms with E-state index in [9.17, 15) is 9.59 Å². The monoisotopic (exact) mass is 413 g/mol. The van der Waals surface area contributed by atoms with E-state index in [-0.39, 0.29) is 0 Å². The first kappa shape index (κ1) is 18.9. The van der Waals surface area contributed by atoms with Crippen molar-refractivity contribution in [2.24, 2.45) is 5.73 Å². The highest BCUT2D eigenvalue weighted by Crippen LogP contribution is 2.39. The number of nitrogens with zero attached hydrogens (tertiary/aromatic N) is 4. The Morgan fingerprint density at radius 3 is 2.81 bits per heavy atom. The quantitative estimate of drug-likeness (QED) is 0.504. The van der Waals surface area contributed by atoms with Gasteiger partial charge in [0, 0.05) is 35.6 Å². The molecule has 154 valence electrons. The average molecular weight is 413 g/mol. The van der Waals surface area contributed by atoms with E-state index < -0.39 is 18.5 Å². The first-order valence-corrected chi connectivity index (χ1v) is 9.97. The minimum absolute atomic E-state index is 0.325. The molecule has 2 N–H and O–H groups in total. The molecule has 0 bridgehead atoms. The maximum Gasteiger partial charge on any atom is 0.338 e.